The van der Waals surface area contributed by atoms with Crippen LogP contribution in [0.15, 0.2) is 29.2 Å². The zero-order chi connectivity index (χ0) is 13.8. The number of hydrogen-bond acceptors (Lipinski definition) is 3. The van der Waals surface area contributed by atoms with Crippen molar-refractivity contribution in [1.29, 1.82) is 0 Å². The van der Waals surface area contributed by atoms with Crippen LogP contribution in [0.1, 0.15) is 17.3 Å². The first-order chi connectivity index (χ1) is 9.11. The van der Waals surface area contributed by atoms with Crippen LogP contribution in [0.2, 0.25) is 0 Å². The van der Waals surface area contributed by atoms with Gasteiger partial charge in [0, 0.05) is 43.6 Å². The van der Waals surface area contributed by atoms with Crippen molar-refractivity contribution >= 4 is 23.6 Å². The molecule has 1 fully saturated rings. The minimum absolute atomic E-state index is 0.0517. The van der Waals surface area contributed by atoms with Crippen LogP contribution in [0.5, 0.6) is 0 Å². The summed E-state index contributed by atoms with van der Waals surface area (Å²) < 4.78 is 0. The number of nitrogens with zero attached hydrogens (tertiary/aromatic N) is 2. The average molecular weight is 278 g/mol. The quantitative estimate of drug-likeness (QED) is 0.773. The van der Waals surface area contributed by atoms with Crippen molar-refractivity contribution < 1.29 is 9.59 Å². The maximum Gasteiger partial charge on any atom is 0.253 e. The normalized spacial score (nSPS) is 15.5. The van der Waals surface area contributed by atoms with Gasteiger partial charge < -0.3 is 9.80 Å². The van der Waals surface area contributed by atoms with Crippen molar-refractivity contribution in [1.82, 2.24) is 9.80 Å². The Bertz CT molecular complexity index is 465. The lowest BCUT2D eigenvalue weighted by Crippen LogP contribution is -2.50. The first-order valence-electron chi connectivity index (χ1n) is 6.30. The highest BCUT2D eigenvalue weighted by Crippen LogP contribution is 2.16. The molecule has 1 heterocycles. The number of rotatable bonds is 2. The molecule has 5 heteroatoms. The molecule has 0 aromatic heterocycles. The minimum atomic E-state index is 0.0517. The number of amides is 2. The molecule has 0 aliphatic carbocycles. The second-order valence-electron chi connectivity index (χ2n) is 4.53. The standard InChI is InChI=1S/C14H18N2O2S/c1-11(17)15-7-9-16(10-8-15)14(18)12-3-5-13(19-2)6-4-12/h3-6H,7-10H2,1-2H3. The number of carbonyl (C=O) groups is 2. The summed E-state index contributed by atoms with van der Waals surface area (Å²) in [7, 11) is 0. The molecule has 1 aromatic rings. The molecule has 4 nitrogen and oxygen atoms in total. The molecule has 0 atom stereocenters. The highest BCUT2D eigenvalue weighted by Gasteiger charge is 2.22. The van der Waals surface area contributed by atoms with E-state index < -0.39 is 0 Å². The Hall–Kier alpha value is -1.49. The molecule has 102 valence electrons. The number of thioether (sulfide) groups is 1. The number of piperazine rings is 1. The summed E-state index contributed by atoms with van der Waals surface area (Å²) in [5, 5.41) is 0. The molecule has 1 aliphatic heterocycles. The van der Waals surface area contributed by atoms with Gasteiger partial charge in [0.15, 0.2) is 0 Å². The number of hydrogen-bond donors (Lipinski definition) is 0. The maximum absolute atomic E-state index is 12.3. The molecule has 19 heavy (non-hydrogen) atoms. The molecule has 0 bridgehead atoms. The molecule has 0 N–H and O–H groups in total. The first-order valence-corrected chi connectivity index (χ1v) is 7.53. The summed E-state index contributed by atoms with van der Waals surface area (Å²) in [6.45, 7) is 4.05. The molecule has 1 saturated heterocycles. The van der Waals surface area contributed by atoms with Crippen LogP contribution >= 0.6 is 11.8 Å². The Kier molecular flexibility index (Phi) is 4.47. The smallest absolute Gasteiger partial charge is 0.253 e. The Morgan fingerprint density at radius 2 is 1.53 bits per heavy atom. The van der Waals surface area contributed by atoms with Crippen molar-refractivity contribution in [2.75, 3.05) is 32.4 Å². The topological polar surface area (TPSA) is 40.6 Å². The number of benzene rings is 1. The largest absolute Gasteiger partial charge is 0.339 e. The maximum atomic E-state index is 12.3. The van der Waals surface area contributed by atoms with E-state index in [4.69, 9.17) is 0 Å². The molecule has 0 spiro atoms. The minimum Gasteiger partial charge on any atom is -0.339 e. The van der Waals surface area contributed by atoms with E-state index in [0.717, 1.165) is 4.90 Å². The highest BCUT2D eigenvalue weighted by atomic mass is 32.2. The van der Waals surface area contributed by atoms with Crippen LogP contribution in [0.4, 0.5) is 0 Å². The van der Waals surface area contributed by atoms with Crippen LogP contribution in [0, 0.1) is 0 Å². The fourth-order valence-corrected chi connectivity index (χ4v) is 2.55. The second kappa shape index (κ2) is 6.10. The van der Waals surface area contributed by atoms with Gasteiger partial charge in [-0.1, -0.05) is 0 Å². The summed E-state index contributed by atoms with van der Waals surface area (Å²) in [5.74, 6) is 0.132. The molecule has 0 saturated carbocycles. The van der Waals surface area contributed by atoms with Gasteiger partial charge in [-0.2, -0.15) is 0 Å². The number of carbonyl (C=O) groups excluding carboxylic acids is 2. The van der Waals surface area contributed by atoms with Crippen molar-refractivity contribution in [2.45, 2.75) is 11.8 Å². The monoisotopic (exact) mass is 278 g/mol. The zero-order valence-electron chi connectivity index (χ0n) is 11.3. The van der Waals surface area contributed by atoms with Gasteiger partial charge in [-0.05, 0) is 30.5 Å². The SMILES string of the molecule is CSc1ccc(C(=O)N2CCN(C(C)=O)CC2)cc1. The van der Waals surface area contributed by atoms with Gasteiger partial charge >= 0.3 is 0 Å². The Morgan fingerprint density at radius 1 is 1.00 bits per heavy atom. The van der Waals surface area contributed by atoms with E-state index in [1.165, 1.54) is 0 Å². The second-order valence-corrected chi connectivity index (χ2v) is 5.41. The molecule has 2 rings (SSSR count). The van der Waals surface area contributed by atoms with Gasteiger partial charge in [0.05, 0.1) is 0 Å². The fraction of sp³-hybridized carbons (Fsp3) is 0.429. The molecule has 1 aromatic carbocycles. The van der Waals surface area contributed by atoms with Gasteiger partial charge in [-0.25, -0.2) is 0 Å². The van der Waals surface area contributed by atoms with Crippen LogP contribution < -0.4 is 0 Å². The molecule has 0 radical (unpaired) electrons. The van der Waals surface area contributed by atoms with E-state index in [1.54, 1.807) is 23.6 Å². The van der Waals surface area contributed by atoms with E-state index in [9.17, 15) is 9.59 Å². The summed E-state index contributed by atoms with van der Waals surface area (Å²) >= 11 is 1.66. The lowest BCUT2D eigenvalue weighted by molar-refractivity contribution is -0.130. The van der Waals surface area contributed by atoms with Crippen LogP contribution in [0.25, 0.3) is 0 Å². The summed E-state index contributed by atoms with van der Waals surface area (Å²) in [6.07, 6.45) is 2.01. The Labute approximate surface area is 117 Å². The van der Waals surface area contributed by atoms with Gasteiger partial charge in [-0.15, -0.1) is 11.8 Å². The van der Waals surface area contributed by atoms with Gasteiger partial charge in [-0.3, -0.25) is 9.59 Å². The van der Waals surface area contributed by atoms with Crippen LogP contribution in [-0.4, -0.2) is 54.0 Å². The van der Waals surface area contributed by atoms with Crippen LogP contribution in [0.3, 0.4) is 0 Å². The average Bonchev–Trinajstić information content (AvgIpc) is 2.46. The summed E-state index contributed by atoms with van der Waals surface area (Å²) in [4.78, 5) is 28.3. The van der Waals surface area contributed by atoms with Crippen molar-refractivity contribution in [3.05, 3.63) is 29.8 Å². The van der Waals surface area contributed by atoms with Gasteiger partial charge in [0.1, 0.15) is 0 Å². The third-order valence-corrected chi connectivity index (χ3v) is 4.09. The van der Waals surface area contributed by atoms with E-state index in [1.807, 2.05) is 35.4 Å². The predicted octanol–water partition coefficient (Wildman–Crippen LogP) is 1.71. The van der Waals surface area contributed by atoms with E-state index in [2.05, 4.69) is 0 Å². The highest BCUT2D eigenvalue weighted by molar-refractivity contribution is 7.98. The predicted molar refractivity (Wildman–Crippen MR) is 76.4 cm³/mol. The van der Waals surface area contributed by atoms with E-state index in [-0.39, 0.29) is 11.8 Å². The summed E-state index contributed by atoms with van der Waals surface area (Å²) in [6, 6.07) is 7.66. The fourth-order valence-electron chi connectivity index (χ4n) is 2.14. The molecule has 2 amide bonds. The van der Waals surface area contributed by atoms with Crippen molar-refractivity contribution in [3.8, 4) is 0 Å². The summed E-state index contributed by atoms with van der Waals surface area (Å²) in [5.41, 5.74) is 0.717. The lowest BCUT2D eigenvalue weighted by Gasteiger charge is -2.34. The lowest BCUT2D eigenvalue weighted by atomic mass is 10.2. The first kappa shape index (κ1) is 13.9. The van der Waals surface area contributed by atoms with E-state index in [0.29, 0.717) is 31.7 Å². The zero-order valence-corrected chi connectivity index (χ0v) is 12.1. The van der Waals surface area contributed by atoms with Crippen molar-refractivity contribution in [2.24, 2.45) is 0 Å². The van der Waals surface area contributed by atoms with Gasteiger partial charge in [0.25, 0.3) is 5.91 Å². The van der Waals surface area contributed by atoms with E-state index >= 15 is 0 Å². The molecular weight excluding hydrogens is 260 g/mol. The molecular formula is C14H18N2O2S. The van der Waals surface area contributed by atoms with Gasteiger partial charge in [0.2, 0.25) is 5.91 Å². The third-order valence-electron chi connectivity index (χ3n) is 3.35. The molecule has 0 unspecified atom stereocenters. The van der Waals surface area contributed by atoms with Crippen molar-refractivity contribution in [3.63, 3.8) is 0 Å². The Morgan fingerprint density at radius 3 is 2.00 bits per heavy atom. The Balaban J connectivity index is 1.98. The molecule has 1 aliphatic rings. The van der Waals surface area contributed by atoms with Crippen LogP contribution in [-0.2, 0) is 4.79 Å². The third kappa shape index (κ3) is 3.29.